The molecular weight excluding hydrogens is 472 g/mol. The predicted molar refractivity (Wildman–Crippen MR) is 133 cm³/mol. The number of rotatable bonds is 6. The molecule has 4 rings (SSSR count). The number of fused-ring (bicyclic) bond motifs is 1. The number of nitrogen functional groups attached to an aromatic ring is 1. The van der Waals surface area contributed by atoms with Crippen molar-refractivity contribution in [3.63, 3.8) is 0 Å². The van der Waals surface area contributed by atoms with Crippen molar-refractivity contribution in [2.45, 2.75) is 44.7 Å². The van der Waals surface area contributed by atoms with Gasteiger partial charge in [0.15, 0.2) is 5.13 Å². The molecule has 0 spiro atoms. The molecule has 0 bridgehead atoms. The highest BCUT2D eigenvalue weighted by molar-refractivity contribution is 7.89. The van der Waals surface area contributed by atoms with Gasteiger partial charge in [0.05, 0.1) is 16.3 Å². The lowest BCUT2D eigenvalue weighted by Gasteiger charge is -2.22. The zero-order chi connectivity index (χ0) is 24.5. The van der Waals surface area contributed by atoms with Gasteiger partial charge >= 0.3 is 0 Å². The van der Waals surface area contributed by atoms with Gasteiger partial charge in [-0.1, -0.05) is 18.3 Å². The van der Waals surface area contributed by atoms with Crippen LogP contribution in [0.4, 0.5) is 5.13 Å². The van der Waals surface area contributed by atoms with Gasteiger partial charge in [-0.05, 0) is 67.8 Å². The Labute approximate surface area is 203 Å². The quantitative estimate of drug-likeness (QED) is 0.534. The van der Waals surface area contributed by atoms with Crippen LogP contribution in [0.5, 0.6) is 5.75 Å². The Morgan fingerprint density at radius 3 is 2.74 bits per heavy atom. The largest absolute Gasteiger partial charge is 0.491 e. The molecule has 8 nitrogen and oxygen atoms in total. The number of ether oxygens (including phenoxy) is 1. The number of benzene rings is 2. The minimum atomic E-state index is -3.64. The summed E-state index contributed by atoms with van der Waals surface area (Å²) in [6.07, 6.45) is 2.27. The molecule has 3 aromatic rings. The summed E-state index contributed by atoms with van der Waals surface area (Å²) < 4.78 is 33.7. The molecule has 0 radical (unpaired) electrons. The molecule has 1 amide bonds. The maximum absolute atomic E-state index is 13.5. The van der Waals surface area contributed by atoms with Gasteiger partial charge in [-0.25, -0.2) is 18.1 Å². The summed E-state index contributed by atoms with van der Waals surface area (Å²) in [7, 11) is -3.64. The highest BCUT2D eigenvalue weighted by Gasteiger charge is 2.25. The van der Waals surface area contributed by atoms with Crippen molar-refractivity contribution in [1.82, 2.24) is 14.6 Å². The molecule has 180 valence electrons. The first-order chi connectivity index (χ1) is 16.2. The van der Waals surface area contributed by atoms with Crippen molar-refractivity contribution in [3.05, 3.63) is 59.3 Å². The van der Waals surface area contributed by atoms with Crippen LogP contribution in [0.2, 0.25) is 0 Å². The molecule has 34 heavy (non-hydrogen) atoms. The maximum Gasteiger partial charge on any atom is 0.254 e. The summed E-state index contributed by atoms with van der Waals surface area (Å²) in [5.74, 6) is 0.593. The van der Waals surface area contributed by atoms with Gasteiger partial charge in [0, 0.05) is 29.9 Å². The van der Waals surface area contributed by atoms with Crippen LogP contribution in [0.3, 0.4) is 0 Å². The molecule has 0 atom stereocenters. The lowest BCUT2D eigenvalue weighted by Crippen LogP contribution is -2.33. The number of thiazole rings is 1. The fraction of sp³-hybridized carbons (Fsp3) is 0.333. The van der Waals surface area contributed by atoms with Crippen molar-refractivity contribution in [2.24, 2.45) is 0 Å². The van der Waals surface area contributed by atoms with Crippen molar-refractivity contribution >= 4 is 32.4 Å². The molecule has 3 N–H and O–H groups in total. The summed E-state index contributed by atoms with van der Waals surface area (Å²) in [5, 5.41) is 0.499. The van der Waals surface area contributed by atoms with E-state index in [4.69, 9.17) is 10.5 Å². The van der Waals surface area contributed by atoms with Crippen LogP contribution in [0.15, 0.2) is 47.5 Å². The minimum Gasteiger partial charge on any atom is -0.491 e. The smallest absolute Gasteiger partial charge is 0.254 e. The first-order valence-electron chi connectivity index (χ1n) is 11.1. The number of nitrogens with two attached hydrogens (primary N) is 1. The molecule has 0 saturated heterocycles. The van der Waals surface area contributed by atoms with Crippen LogP contribution in [-0.4, -0.2) is 43.4 Å². The number of anilines is 1. The van der Waals surface area contributed by atoms with E-state index in [1.807, 2.05) is 25.1 Å². The summed E-state index contributed by atoms with van der Waals surface area (Å²) in [4.78, 5) is 20.5. The number of carbonyl (C=O) groups excluding carboxylic acids is 1. The topological polar surface area (TPSA) is 115 Å². The highest BCUT2D eigenvalue weighted by atomic mass is 32.2. The second-order valence-electron chi connectivity index (χ2n) is 8.41. The third-order valence-corrected chi connectivity index (χ3v) is 8.06. The molecule has 1 aromatic heterocycles. The Balaban J connectivity index is 1.62. The Hall–Kier alpha value is -2.95. The van der Waals surface area contributed by atoms with E-state index < -0.39 is 10.0 Å². The number of carbonyl (C=O) groups is 1. The molecule has 2 aromatic carbocycles. The van der Waals surface area contributed by atoms with E-state index in [-0.39, 0.29) is 16.8 Å². The van der Waals surface area contributed by atoms with E-state index in [1.165, 1.54) is 17.4 Å². The third kappa shape index (κ3) is 5.08. The van der Waals surface area contributed by atoms with Gasteiger partial charge in [0.1, 0.15) is 12.4 Å². The summed E-state index contributed by atoms with van der Waals surface area (Å²) in [6.45, 7) is 6.63. The first kappa shape index (κ1) is 24.2. The third-order valence-electron chi connectivity index (χ3n) is 5.52. The van der Waals surface area contributed by atoms with Crippen LogP contribution >= 0.6 is 11.3 Å². The zero-order valence-corrected chi connectivity index (χ0v) is 21.0. The minimum absolute atomic E-state index is 0.151. The molecular formula is C24H28N4O4S2. The Kier molecular flexibility index (Phi) is 6.92. The monoisotopic (exact) mass is 500 g/mol. The number of nitrogens with one attached hydrogen (secondary N) is 1. The first-order valence-corrected chi connectivity index (χ1v) is 13.4. The lowest BCUT2D eigenvalue weighted by molar-refractivity contribution is 0.0732. The van der Waals surface area contributed by atoms with Gasteiger partial charge in [0.25, 0.3) is 5.91 Å². The van der Waals surface area contributed by atoms with Crippen LogP contribution in [0, 0.1) is 0 Å². The molecule has 1 aliphatic rings. The molecule has 10 heteroatoms. The second-order valence-corrected chi connectivity index (χ2v) is 11.2. The fourth-order valence-corrected chi connectivity index (χ4v) is 5.91. The number of hydrogen-bond donors (Lipinski definition) is 2. The Morgan fingerprint density at radius 2 is 2.06 bits per heavy atom. The van der Waals surface area contributed by atoms with Crippen molar-refractivity contribution in [1.29, 1.82) is 0 Å². The van der Waals surface area contributed by atoms with E-state index >= 15 is 0 Å². The average molecular weight is 501 g/mol. The molecule has 0 fully saturated rings. The molecule has 2 heterocycles. The predicted octanol–water partition coefficient (Wildman–Crippen LogP) is 3.68. The van der Waals surface area contributed by atoms with Gasteiger partial charge in [-0.2, -0.15) is 0 Å². The number of nitrogens with zero attached hydrogens (tertiary/aromatic N) is 2. The zero-order valence-electron chi connectivity index (χ0n) is 19.4. The summed E-state index contributed by atoms with van der Waals surface area (Å²) in [5.41, 5.74) is 8.83. The fourth-order valence-electron chi connectivity index (χ4n) is 3.93. The van der Waals surface area contributed by atoms with Gasteiger partial charge in [-0.3, -0.25) is 4.79 Å². The Bertz CT molecular complexity index is 1320. The van der Waals surface area contributed by atoms with Crippen molar-refractivity contribution in [2.75, 3.05) is 18.9 Å². The van der Waals surface area contributed by atoms with Crippen LogP contribution in [0.1, 0.15) is 42.3 Å². The highest BCUT2D eigenvalue weighted by Crippen LogP contribution is 2.33. The molecule has 0 unspecified atom stereocenters. The number of aryl methyl sites for hydroxylation is 1. The normalized spacial score (nSPS) is 13.9. The van der Waals surface area contributed by atoms with E-state index in [9.17, 15) is 13.2 Å². The SMILES string of the molecule is CCc1cc(S(=O)(=O)NC(C)C)ccc1C(=O)N1CCOc2ccc(-c3cnc(N)s3)cc2C1. The molecule has 0 aliphatic carbocycles. The molecule has 0 saturated carbocycles. The van der Waals surface area contributed by atoms with E-state index in [2.05, 4.69) is 9.71 Å². The van der Waals surface area contributed by atoms with Gasteiger partial charge in [0.2, 0.25) is 10.0 Å². The van der Waals surface area contributed by atoms with E-state index in [1.54, 1.807) is 37.1 Å². The van der Waals surface area contributed by atoms with E-state index in [0.717, 1.165) is 21.8 Å². The standard InChI is InChI=1S/C24H28N4O4S2/c1-4-16-12-19(34(30,31)27-15(2)3)6-7-20(16)23(29)28-9-10-32-21-8-5-17(11-18(21)14-28)22-13-26-24(25)33-22/h5-8,11-13,15,27H,4,9-10,14H2,1-3H3,(H2,25,26). The van der Waals surface area contributed by atoms with Crippen LogP contribution < -0.4 is 15.2 Å². The second kappa shape index (κ2) is 9.73. The maximum atomic E-state index is 13.5. The van der Waals surface area contributed by atoms with Gasteiger partial charge in [-0.15, -0.1) is 0 Å². The number of hydrogen-bond acceptors (Lipinski definition) is 7. The van der Waals surface area contributed by atoms with Crippen molar-refractivity contribution in [3.8, 4) is 16.2 Å². The average Bonchev–Trinajstić information content (AvgIpc) is 3.11. The lowest BCUT2D eigenvalue weighted by atomic mass is 10.0. The van der Waals surface area contributed by atoms with Crippen LogP contribution in [-0.2, 0) is 23.0 Å². The van der Waals surface area contributed by atoms with Gasteiger partial charge < -0.3 is 15.4 Å². The summed E-state index contributed by atoms with van der Waals surface area (Å²) in [6, 6.07) is 10.3. The number of amides is 1. The summed E-state index contributed by atoms with van der Waals surface area (Å²) >= 11 is 1.40. The number of sulfonamides is 1. The molecule has 1 aliphatic heterocycles. The van der Waals surface area contributed by atoms with Crippen LogP contribution in [0.25, 0.3) is 10.4 Å². The van der Waals surface area contributed by atoms with Crippen molar-refractivity contribution < 1.29 is 17.9 Å². The Morgan fingerprint density at radius 1 is 1.26 bits per heavy atom. The van der Waals surface area contributed by atoms with E-state index in [0.29, 0.717) is 42.4 Å². The number of aromatic nitrogens is 1.